The van der Waals surface area contributed by atoms with Gasteiger partial charge in [-0.15, -0.1) is 10.2 Å². The first-order valence-electron chi connectivity index (χ1n) is 9.93. The minimum atomic E-state index is -0.325. The van der Waals surface area contributed by atoms with Crippen molar-refractivity contribution in [3.8, 4) is 22.8 Å². The number of benzene rings is 3. The summed E-state index contributed by atoms with van der Waals surface area (Å²) < 4.78 is 20.5. The topological polar surface area (TPSA) is 69.0 Å². The number of ether oxygens (including phenoxy) is 1. The summed E-state index contributed by atoms with van der Waals surface area (Å²) >= 11 is 1.27. The summed E-state index contributed by atoms with van der Waals surface area (Å²) in [6.07, 6.45) is 0. The molecule has 0 spiro atoms. The van der Waals surface area contributed by atoms with Crippen LogP contribution in [-0.4, -0.2) is 33.5 Å². The highest BCUT2D eigenvalue weighted by atomic mass is 32.2. The number of halogens is 1. The number of rotatable bonds is 8. The quantitative estimate of drug-likeness (QED) is 0.402. The molecular formula is C24H21FN4O2S. The van der Waals surface area contributed by atoms with Gasteiger partial charge in [0.2, 0.25) is 5.91 Å². The van der Waals surface area contributed by atoms with Crippen LogP contribution < -0.4 is 10.1 Å². The summed E-state index contributed by atoms with van der Waals surface area (Å²) in [5, 5.41) is 12.1. The third-order valence-electron chi connectivity index (χ3n) is 4.71. The van der Waals surface area contributed by atoms with Crippen LogP contribution in [-0.2, 0) is 11.3 Å². The molecule has 162 valence electrons. The molecule has 1 aromatic heterocycles. The van der Waals surface area contributed by atoms with Gasteiger partial charge in [0, 0.05) is 17.8 Å². The number of amides is 1. The molecule has 0 radical (unpaired) electrons. The number of carbonyl (C=O) groups excluding carboxylic acids is 1. The molecule has 32 heavy (non-hydrogen) atoms. The van der Waals surface area contributed by atoms with Gasteiger partial charge in [0.05, 0.1) is 12.9 Å². The summed E-state index contributed by atoms with van der Waals surface area (Å²) in [5.41, 5.74) is 2.54. The second kappa shape index (κ2) is 10.1. The Labute approximate surface area is 189 Å². The molecule has 4 aromatic rings. The lowest BCUT2D eigenvalue weighted by Crippen LogP contribution is -2.24. The fourth-order valence-corrected chi connectivity index (χ4v) is 3.91. The van der Waals surface area contributed by atoms with Gasteiger partial charge in [-0.3, -0.25) is 9.36 Å². The van der Waals surface area contributed by atoms with Gasteiger partial charge >= 0.3 is 0 Å². The van der Waals surface area contributed by atoms with E-state index in [-0.39, 0.29) is 17.5 Å². The first-order valence-corrected chi connectivity index (χ1v) is 10.9. The SMILES string of the molecule is COc1cccc(CNC(=O)CSc2nnc(-c3ccccc3)n2-c2ccc(F)cc2)c1. The predicted molar refractivity (Wildman–Crippen MR) is 122 cm³/mol. The van der Waals surface area contributed by atoms with Gasteiger partial charge in [-0.2, -0.15) is 0 Å². The van der Waals surface area contributed by atoms with Gasteiger partial charge in [-0.1, -0.05) is 54.2 Å². The lowest BCUT2D eigenvalue weighted by atomic mass is 10.2. The molecule has 6 nitrogen and oxygen atoms in total. The Bertz CT molecular complexity index is 1200. The Morgan fingerprint density at radius 3 is 2.56 bits per heavy atom. The van der Waals surface area contributed by atoms with Crippen molar-refractivity contribution >= 4 is 17.7 Å². The standard InChI is InChI=1S/C24H21FN4O2S/c1-31-21-9-5-6-17(14-21)15-26-22(30)16-32-24-28-27-23(18-7-3-2-4-8-18)29(24)20-12-10-19(25)11-13-20/h2-14H,15-16H2,1H3,(H,26,30). The highest BCUT2D eigenvalue weighted by Gasteiger charge is 2.17. The maximum absolute atomic E-state index is 13.5. The first-order chi connectivity index (χ1) is 15.6. The van der Waals surface area contributed by atoms with Crippen LogP contribution in [0.3, 0.4) is 0 Å². The van der Waals surface area contributed by atoms with Crippen molar-refractivity contribution in [2.75, 3.05) is 12.9 Å². The van der Waals surface area contributed by atoms with Crippen molar-refractivity contribution < 1.29 is 13.9 Å². The molecule has 1 N–H and O–H groups in total. The van der Waals surface area contributed by atoms with E-state index < -0.39 is 0 Å². The smallest absolute Gasteiger partial charge is 0.230 e. The molecule has 1 heterocycles. The molecule has 0 saturated carbocycles. The van der Waals surface area contributed by atoms with Gasteiger partial charge in [0.15, 0.2) is 11.0 Å². The fraction of sp³-hybridized carbons (Fsp3) is 0.125. The number of nitrogens with zero attached hydrogens (tertiary/aromatic N) is 3. The normalized spacial score (nSPS) is 10.7. The maximum atomic E-state index is 13.5. The van der Waals surface area contributed by atoms with Crippen molar-refractivity contribution in [2.24, 2.45) is 0 Å². The van der Waals surface area contributed by atoms with E-state index in [9.17, 15) is 9.18 Å². The zero-order valence-electron chi connectivity index (χ0n) is 17.4. The second-order valence-electron chi connectivity index (χ2n) is 6.90. The zero-order chi connectivity index (χ0) is 22.3. The molecule has 4 rings (SSSR count). The van der Waals surface area contributed by atoms with Crippen molar-refractivity contribution in [1.82, 2.24) is 20.1 Å². The van der Waals surface area contributed by atoms with Crippen LogP contribution >= 0.6 is 11.8 Å². The molecule has 0 unspecified atom stereocenters. The van der Waals surface area contributed by atoms with Crippen LogP contribution in [0.15, 0.2) is 84.0 Å². The van der Waals surface area contributed by atoms with Gasteiger partial charge in [-0.25, -0.2) is 4.39 Å². The van der Waals surface area contributed by atoms with Crippen LogP contribution in [0, 0.1) is 5.82 Å². The Kier molecular flexibility index (Phi) is 6.81. The molecule has 0 aliphatic carbocycles. The Hall–Kier alpha value is -3.65. The number of hydrogen-bond acceptors (Lipinski definition) is 5. The van der Waals surface area contributed by atoms with E-state index in [0.717, 1.165) is 22.6 Å². The Morgan fingerprint density at radius 2 is 1.81 bits per heavy atom. The Balaban J connectivity index is 1.50. The molecule has 3 aromatic carbocycles. The highest BCUT2D eigenvalue weighted by molar-refractivity contribution is 7.99. The number of methoxy groups -OCH3 is 1. The molecule has 1 amide bonds. The first kappa shape index (κ1) is 21.6. The molecule has 0 fully saturated rings. The highest BCUT2D eigenvalue weighted by Crippen LogP contribution is 2.28. The monoisotopic (exact) mass is 448 g/mol. The van der Waals surface area contributed by atoms with E-state index in [1.807, 2.05) is 59.2 Å². The summed E-state index contributed by atoms with van der Waals surface area (Å²) in [7, 11) is 1.61. The van der Waals surface area contributed by atoms with Crippen LogP contribution in [0.4, 0.5) is 4.39 Å². The van der Waals surface area contributed by atoms with Crippen molar-refractivity contribution in [3.63, 3.8) is 0 Å². The summed E-state index contributed by atoms with van der Waals surface area (Å²) in [4.78, 5) is 12.4. The lowest BCUT2D eigenvalue weighted by Gasteiger charge is -2.11. The van der Waals surface area contributed by atoms with Crippen molar-refractivity contribution in [2.45, 2.75) is 11.7 Å². The van der Waals surface area contributed by atoms with E-state index in [0.29, 0.717) is 17.5 Å². The molecule has 0 bridgehead atoms. The van der Waals surface area contributed by atoms with Crippen molar-refractivity contribution in [3.05, 3.63) is 90.2 Å². The van der Waals surface area contributed by atoms with E-state index in [2.05, 4.69) is 15.5 Å². The third-order valence-corrected chi connectivity index (χ3v) is 5.64. The largest absolute Gasteiger partial charge is 0.497 e. The molecule has 0 aliphatic rings. The predicted octanol–water partition coefficient (Wildman–Crippen LogP) is 4.49. The number of carbonyl (C=O) groups is 1. The number of thioether (sulfide) groups is 1. The van der Waals surface area contributed by atoms with Crippen LogP contribution in [0.1, 0.15) is 5.56 Å². The van der Waals surface area contributed by atoms with Gasteiger partial charge in [-0.05, 0) is 42.0 Å². The third kappa shape index (κ3) is 5.15. The summed E-state index contributed by atoms with van der Waals surface area (Å²) in [6, 6.07) is 23.3. The average Bonchev–Trinajstić information content (AvgIpc) is 3.26. The fourth-order valence-electron chi connectivity index (χ4n) is 3.12. The number of nitrogens with one attached hydrogen (secondary N) is 1. The molecule has 0 saturated heterocycles. The summed E-state index contributed by atoms with van der Waals surface area (Å²) in [5.74, 6) is 1.07. The number of aromatic nitrogens is 3. The summed E-state index contributed by atoms with van der Waals surface area (Å²) in [6.45, 7) is 0.399. The average molecular weight is 449 g/mol. The minimum Gasteiger partial charge on any atom is -0.497 e. The van der Waals surface area contributed by atoms with Crippen molar-refractivity contribution in [1.29, 1.82) is 0 Å². The van der Waals surface area contributed by atoms with Crippen LogP contribution in [0.5, 0.6) is 5.75 Å². The maximum Gasteiger partial charge on any atom is 0.230 e. The van der Waals surface area contributed by atoms with Gasteiger partial charge in [0.25, 0.3) is 0 Å². The Morgan fingerprint density at radius 1 is 1.03 bits per heavy atom. The van der Waals surface area contributed by atoms with Gasteiger partial charge in [0.1, 0.15) is 11.6 Å². The van der Waals surface area contributed by atoms with E-state index in [1.165, 1.54) is 23.9 Å². The zero-order valence-corrected chi connectivity index (χ0v) is 18.2. The van der Waals surface area contributed by atoms with Crippen LogP contribution in [0.2, 0.25) is 0 Å². The van der Waals surface area contributed by atoms with E-state index >= 15 is 0 Å². The second-order valence-corrected chi connectivity index (χ2v) is 7.84. The van der Waals surface area contributed by atoms with Crippen LogP contribution in [0.25, 0.3) is 17.1 Å². The number of hydrogen-bond donors (Lipinski definition) is 1. The minimum absolute atomic E-state index is 0.132. The molecule has 0 aliphatic heterocycles. The molecular weight excluding hydrogens is 427 g/mol. The van der Waals surface area contributed by atoms with E-state index in [4.69, 9.17) is 4.74 Å². The molecule has 8 heteroatoms. The lowest BCUT2D eigenvalue weighted by molar-refractivity contribution is -0.118. The van der Waals surface area contributed by atoms with E-state index in [1.54, 1.807) is 19.2 Å². The van der Waals surface area contributed by atoms with Gasteiger partial charge < -0.3 is 10.1 Å². The molecule has 0 atom stereocenters.